The summed E-state index contributed by atoms with van der Waals surface area (Å²) in [7, 11) is 0. The number of nitrogens with one attached hydrogen (secondary N) is 1. The first-order valence-electron chi connectivity index (χ1n) is 10.1. The van der Waals surface area contributed by atoms with Gasteiger partial charge in [-0.1, -0.05) is 76.6 Å². The van der Waals surface area contributed by atoms with Gasteiger partial charge in [-0.25, -0.2) is 4.79 Å². The number of hydrogen-bond donors (Lipinski definition) is 2. The molecule has 4 nitrogen and oxygen atoms in total. The van der Waals surface area contributed by atoms with Crippen molar-refractivity contribution >= 4 is 22.0 Å². The maximum Gasteiger partial charge on any atom is 0.407 e. The number of alkyl carbamates (subject to hydrolysis) is 1. The summed E-state index contributed by atoms with van der Waals surface area (Å²) in [5.74, 6) is -0.0294. The number of hydrogen-bond acceptors (Lipinski definition) is 3. The number of halogens is 1. The van der Waals surface area contributed by atoms with Crippen molar-refractivity contribution in [3.05, 3.63) is 94.0 Å². The Bertz CT molecular complexity index is 991. The lowest BCUT2D eigenvalue weighted by atomic mass is 9.98. The average Bonchev–Trinajstić information content (AvgIpc) is 3.09. The fourth-order valence-corrected chi connectivity index (χ4v) is 4.52. The van der Waals surface area contributed by atoms with Crippen LogP contribution in [-0.4, -0.2) is 31.0 Å². The van der Waals surface area contributed by atoms with E-state index in [-0.39, 0.29) is 25.0 Å². The van der Waals surface area contributed by atoms with Crippen LogP contribution in [0.15, 0.2) is 77.3 Å². The summed E-state index contributed by atoms with van der Waals surface area (Å²) in [5.41, 5.74) is 5.90. The molecule has 0 saturated carbocycles. The van der Waals surface area contributed by atoms with Crippen molar-refractivity contribution in [2.24, 2.45) is 5.92 Å². The molecule has 1 unspecified atom stereocenters. The first-order chi connectivity index (χ1) is 14.7. The van der Waals surface area contributed by atoms with Gasteiger partial charge in [-0.3, -0.25) is 0 Å². The second kappa shape index (κ2) is 9.45. The molecular weight excluding hydrogens is 442 g/mol. The molecular formula is C25H24BrNO3. The van der Waals surface area contributed by atoms with Gasteiger partial charge in [0.2, 0.25) is 0 Å². The summed E-state index contributed by atoms with van der Waals surface area (Å²) in [6.07, 6.45) is 0.226. The molecule has 30 heavy (non-hydrogen) atoms. The standard InChI is InChI=1S/C25H24BrNO3/c26-19-7-5-6-17(13-19)12-18(15-28)14-27-25(29)30-16-24-22-10-3-1-8-20(22)21-9-2-4-11-23(21)24/h1-11,13,18,24,28H,12,14-16H2,(H,27,29). The number of carbonyl (C=O) groups is 1. The van der Waals surface area contributed by atoms with Crippen LogP contribution in [0.1, 0.15) is 22.6 Å². The number of amides is 1. The minimum absolute atomic E-state index is 0.00380. The summed E-state index contributed by atoms with van der Waals surface area (Å²) >= 11 is 3.46. The van der Waals surface area contributed by atoms with Gasteiger partial charge in [0.05, 0.1) is 0 Å². The van der Waals surface area contributed by atoms with Crippen LogP contribution in [0.25, 0.3) is 11.1 Å². The van der Waals surface area contributed by atoms with Crippen molar-refractivity contribution in [1.82, 2.24) is 5.32 Å². The molecule has 4 rings (SSSR count). The lowest BCUT2D eigenvalue weighted by Gasteiger charge is -2.17. The summed E-state index contributed by atoms with van der Waals surface area (Å²) in [5, 5.41) is 12.5. The third-order valence-corrected chi connectivity index (χ3v) is 6.04. The molecule has 3 aromatic carbocycles. The molecule has 0 fully saturated rings. The third kappa shape index (κ3) is 4.58. The number of carbonyl (C=O) groups excluding carboxylic acids is 1. The lowest BCUT2D eigenvalue weighted by Crippen LogP contribution is -2.33. The molecule has 0 bridgehead atoms. The maximum atomic E-state index is 12.3. The number of benzene rings is 3. The second-order valence-corrected chi connectivity index (χ2v) is 8.50. The van der Waals surface area contributed by atoms with E-state index in [2.05, 4.69) is 45.5 Å². The van der Waals surface area contributed by atoms with Crippen molar-refractivity contribution in [2.75, 3.05) is 19.8 Å². The van der Waals surface area contributed by atoms with E-state index >= 15 is 0 Å². The Kier molecular flexibility index (Phi) is 6.50. The molecule has 1 amide bonds. The van der Waals surface area contributed by atoms with Crippen LogP contribution in [-0.2, 0) is 11.2 Å². The number of aliphatic hydroxyl groups excluding tert-OH is 1. The zero-order valence-corrected chi connectivity index (χ0v) is 18.1. The van der Waals surface area contributed by atoms with E-state index in [1.165, 1.54) is 22.3 Å². The highest BCUT2D eigenvalue weighted by atomic mass is 79.9. The van der Waals surface area contributed by atoms with Gasteiger partial charge in [-0.2, -0.15) is 0 Å². The average molecular weight is 466 g/mol. The SMILES string of the molecule is O=C(NCC(CO)Cc1cccc(Br)c1)OCC1c2ccccc2-c2ccccc21. The number of fused-ring (bicyclic) bond motifs is 3. The van der Waals surface area contributed by atoms with E-state index < -0.39 is 6.09 Å². The second-order valence-electron chi connectivity index (χ2n) is 7.59. The maximum absolute atomic E-state index is 12.3. The van der Waals surface area contributed by atoms with E-state index in [0.29, 0.717) is 13.0 Å². The van der Waals surface area contributed by atoms with Crippen LogP contribution in [0, 0.1) is 5.92 Å². The number of aliphatic hydroxyl groups is 1. The largest absolute Gasteiger partial charge is 0.449 e. The van der Waals surface area contributed by atoms with Gasteiger partial charge < -0.3 is 15.2 Å². The molecule has 154 valence electrons. The molecule has 0 spiro atoms. The number of rotatable bonds is 7. The molecule has 1 atom stereocenters. The molecule has 0 heterocycles. The predicted molar refractivity (Wildman–Crippen MR) is 121 cm³/mol. The van der Waals surface area contributed by atoms with Crippen LogP contribution >= 0.6 is 15.9 Å². The van der Waals surface area contributed by atoms with Crippen LogP contribution in [0.4, 0.5) is 4.79 Å². The molecule has 1 aliphatic rings. The van der Waals surface area contributed by atoms with Gasteiger partial charge in [0.1, 0.15) is 6.61 Å². The minimum Gasteiger partial charge on any atom is -0.449 e. The van der Waals surface area contributed by atoms with Crippen molar-refractivity contribution < 1.29 is 14.6 Å². The van der Waals surface area contributed by atoms with Crippen LogP contribution in [0.3, 0.4) is 0 Å². The lowest BCUT2D eigenvalue weighted by molar-refractivity contribution is 0.138. The van der Waals surface area contributed by atoms with Crippen molar-refractivity contribution in [3.8, 4) is 11.1 Å². The summed E-state index contributed by atoms with van der Waals surface area (Å²) in [4.78, 5) is 12.3. The zero-order chi connectivity index (χ0) is 20.9. The van der Waals surface area contributed by atoms with E-state index in [1.807, 2.05) is 48.5 Å². The van der Waals surface area contributed by atoms with E-state index in [1.54, 1.807) is 0 Å². The smallest absolute Gasteiger partial charge is 0.407 e. The molecule has 1 aliphatic carbocycles. The monoisotopic (exact) mass is 465 g/mol. The zero-order valence-electron chi connectivity index (χ0n) is 16.6. The normalized spacial score (nSPS) is 13.4. The Labute approximate surface area is 185 Å². The quantitative estimate of drug-likeness (QED) is 0.507. The molecule has 3 aromatic rings. The van der Waals surface area contributed by atoms with Gasteiger partial charge >= 0.3 is 6.09 Å². The van der Waals surface area contributed by atoms with E-state index in [4.69, 9.17) is 4.74 Å². The van der Waals surface area contributed by atoms with Gasteiger partial charge in [-0.05, 0) is 46.4 Å². The van der Waals surface area contributed by atoms with E-state index in [9.17, 15) is 9.90 Å². The fourth-order valence-electron chi connectivity index (χ4n) is 4.08. The summed E-state index contributed by atoms with van der Waals surface area (Å²) < 4.78 is 6.57. The molecule has 5 heteroatoms. The minimum atomic E-state index is -0.454. The van der Waals surface area contributed by atoms with Crippen molar-refractivity contribution in [3.63, 3.8) is 0 Å². The van der Waals surface area contributed by atoms with Gasteiger partial charge in [0, 0.05) is 29.5 Å². The Morgan fingerprint density at radius 3 is 2.30 bits per heavy atom. The van der Waals surface area contributed by atoms with Gasteiger partial charge in [0.25, 0.3) is 0 Å². The van der Waals surface area contributed by atoms with Crippen LogP contribution in [0.2, 0.25) is 0 Å². The van der Waals surface area contributed by atoms with E-state index in [0.717, 1.165) is 10.0 Å². The van der Waals surface area contributed by atoms with Gasteiger partial charge in [0.15, 0.2) is 0 Å². The number of ether oxygens (including phenoxy) is 1. The molecule has 0 aliphatic heterocycles. The van der Waals surface area contributed by atoms with Crippen molar-refractivity contribution in [2.45, 2.75) is 12.3 Å². The molecule has 0 aromatic heterocycles. The van der Waals surface area contributed by atoms with Gasteiger partial charge in [-0.15, -0.1) is 0 Å². The van der Waals surface area contributed by atoms with Crippen LogP contribution in [0.5, 0.6) is 0 Å². The Balaban J connectivity index is 1.34. The Hall–Kier alpha value is -2.63. The fraction of sp³-hybridized carbons (Fsp3) is 0.240. The highest BCUT2D eigenvalue weighted by molar-refractivity contribution is 9.10. The Morgan fingerprint density at radius 1 is 1.00 bits per heavy atom. The highest BCUT2D eigenvalue weighted by Crippen LogP contribution is 2.44. The third-order valence-electron chi connectivity index (χ3n) is 5.55. The summed E-state index contributed by atoms with van der Waals surface area (Å²) in [6.45, 7) is 0.644. The summed E-state index contributed by atoms with van der Waals surface area (Å²) in [6, 6.07) is 24.5. The highest BCUT2D eigenvalue weighted by Gasteiger charge is 2.29. The molecule has 2 N–H and O–H groups in total. The molecule has 0 radical (unpaired) electrons. The first-order valence-corrected chi connectivity index (χ1v) is 10.9. The Morgan fingerprint density at radius 2 is 1.67 bits per heavy atom. The first kappa shape index (κ1) is 20.6. The van der Waals surface area contributed by atoms with Crippen LogP contribution < -0.4 is 5.32 Å². The topological polar surface area (TPSA) is 58.6 Å². The predicted octanol–water partition coefficient (Wildman–Crippen LogP) is 5.14. The molecule has 0 saturated heterocycles. The van der Waals surface area contributed by atoms with Crippen molar-refractivity contribution in [1.29, 1.82) is 0 Å².